The Labute approximate surface area is 124 Å². The van der Waals surface area contributed by atoms with Crippen LogP contribution in [0.3, 0.4) is 0 Å². The molecule has 0 saturated carbocycles. The molecule has 1 amide bonds. The maximum Gasteiger partial charge on any atom is 0.254 e. The van der Waals surface area contributed by atoms with E-state index in [1.165, 1.54) is 11.1 Å². The van der Waals surface area contributed by atoms with Gasteiger partial charge in [-0.05, 0) is 29.7 Å². The lowest BCUT2D eigenvalue weighted by Gasteiger charge is -2.16. The van der Waals surface area contributed by atoms with Crippen LogP contribution in [0.15, 0.2) is 36.4 Å². The molecule has 0 atom stereocenters. The number of carbonyl (C=O) groups is 1. The Morgan fingerprint density at radius 2 is 1.90 bits per heavy atom. The maximum atomic E-state index is 12.7. The number of carbonyl (C=O) groups excluding carboxylic acids is 1. The highest BCUT2D eigenvalue weighted by atomic mass is 16.2. The molecule has 108 valence electrons. The number of pyridine rings is 1. The zero-order valence-corrected chi connectivity index (χ0v) is 12.4. The van der Waals surface area contributed by atoms with Crippen molar-refractivity contribution < 1.29 is 4.79 Å². The van der Waals surface area contributed by atoms with Gasteiger partial charge in [-0.15, -0.1) is 0 Å². The van der Waals surface area contributed by atoms with Gasteiger partial charge in [0.15, 0.2) is 0 Å². The first-order valence-corrected chi connectivity index (χ1v) is 7.26. The summed E-state index contributed by atoms with van der Waals surface area (Å²) < 4.78 is 0. The molecule has 1 aromatic carbocycles. The summed E-state index contributed by atoms with van der Waals surface area (Å²) in [6, 6.07) is 11.9. The standard InChI is InChI=1S/C17H19N3O/c1-3-15-8-14(9-16(18-2)19-15)17(21)20-10-12-6-4-5-7-13(12)11-20/h4-9H,3,10-11H2,1-2H3,(H,18,19). The van der Waals surface area contributed by atoms with Gasteiger partial charge in [-0.1, -0.05) is 31.2 Å². The number of nitrogens with zero attached hydrogens (tertiary/aromatic N) is 2. The Balaban J connectivity index is 1.87. The average Bonchev–Trinajstić information content (AvgIpc) is 2.97. The van der Waals surface area contributed by atoms with Crippen molar-refractivity contribution in [3.63, 3.8) is 0 Å². The van der Waals surface area contributed by atoms with E-state index in [2.05, 4.69) is 22.4 Å². The van der Waals surface area contributed by atoms with Crippen LogP contribution in [0.2, 0.25) is 0 Å². The second-order valence-corrected chi connectivity index (χ2v) is 5.27. The Morgan fingerprint density at radius 1 is 1.24 bits per heavy atom. The lowest BCUT2D eigenvalue weighted by atomic mass is 10.1. The van der Waals surface area contributed by atoms with Crippen LogP contribution in [0.5, 0.6) is 0 Å². The molecule has 0 spiro atoms. The van der Waals surface area contributed by atoms with Crippen molar-refractivity contribution in [1.29, 1.82) is 0 Å². The Hall–Kier alpha value is -2.36. The molecule has 1 aliphatic rings. The normalized spacial score (nSPS) is 13.1. The SMILES string of the molecule is CCc1cc(C(=O)N2Cc3ccccc3C2)cc(NC)n1. The van der Waals surface area contributed by atoms with E-state index >= 15 is 0 Å². The molecular weight excluding hydrogens is 262 g/mol. The van der Waals surface area contributed by atoms with Crippen molar-refractivity contribution in [2.24, 2.45) is 0 Å². The Kier molecular flexibility index (Phi) is 3.60. The van der Waals surface area contributed by atoms with Gasteiger partial charge in [0.2, 0.25) is 0 Å². The van der Waals surface area contributed by atoms with Crippen LogP contribution in [-0.4, -0.2) is 22.8 Å². The van der Waals surface area contributed by atoms with E-state index < -0.39 is 0 Å². The quantitative estimate of drug-likeness (QED) is 0.941. The zero-order valence-electron chi connectivity index (χ0n) is 12.4. The fourth-order valence-electron chi connectivity index (χ4n) is 2.68. The first kappa shape index (κ1) is 13.6. The Morgan fingerprint density at radius 3 is 2.48 bits per heavy atom. The van der Waals surface area contributed by atoms with Gasteiger partial charge >= 0.3 is 0 Å². The molecule has 0 bridgehead atoms. The van der Waals surface area contributed by atoms with Gasteiger partial charge in [0, 0.05) is 31.4 Å². The number of aromatic nitrogens is 1. The molecule has 1 aromatic heterocycles. The molecule has 1 aliphatic heterocycles. The van der Waals surface area contributed by atoms with Gasteiger partial charge in [0.05, 0.1) is 0 Å². The Bertz CT molecular complexity index is 634. The first-order chi connectivity index (χ1) is 10.2. The average molecular weight is 281 g/mol. The summed E-state index contributed by atoms with van der Waals surface area (Å²) in [5.74, 6) is 0.814. The minimum atomic E-state index is 0.0693. The van der Waals surface area contributed by atoms with Crippen LogP contribution in [-0.2, 0) is 19.5 Å². The van der Waals surface area contributed by atoms with E-state index in [-0.39, 0.29) is 5.91 Å². The molecule has 0 radical (unpaired) electrons. The van der Waals surface area contributed by atoms with Gasteiger partial charge in [-0.3, -0.25) is 4.79 Å². The predicted octanol–water partition coefficient (Wildman–Crippen LogP) is 2.84. The molecule has 0 unspecified atom stereocenters. The second-order valence-electron chi connectivity index (χ2n) is 5.27. The van der Waals surface area contributed by atoms with Crippen molar-refractivity contribution in [2.75, 3.05) is 12.4 Å². The molecule has 4 heteroatoms. The third-order valence-corrected chi connectivity index (χ3v) is 3.87. The van der Waals surface area contributed by atoms with E-state index in [1.807, 2.05) is 43.1 Å². The summed E-state index contributed by atoms with van der Waals surface area (Å²) in [6.45, 7) is 3.42. The van der Waals surface area contributed by atoms with E-state index in [4.69, 9.17) is 0 Å². The van der Waals surface area contributed by atoms with E-state index in [0.717, 1.165) is 17.9 Å². The smallest absolute Gasteiger partial charge is 0.254 e. The molecule has 2 aromatic rings. The van der Waals surface area contributed by atoms with Crippen molar-refractivity contribution in [1.82, 2.24) is 9.88 Å². The fourth-order valence-corrected chi connectivity index (χ4v) is 2.68. The van der Waals surface area contributed by atoms with E-state index in [1.54, 1.807) is 0 Å². The predicted molar refractivity (Wildman–Crippen MR) is 83.2 cm³/mol. The zero-order chi connectivity index (χ0) is 14.8. The van der Waals surface area contributed by atoms with Crippen LogP contribution in [0.25, 0.3) is 0 Å². The lowest BCUT2D eigenvalue weighted by Crippen LogP contribution is -2.25. The van der Waals surface area contributed by atoms with Crippen LogP contribution in [0.1, 0.15) is 34.1 Å². The van der Waals surface area contributed by atoms with Crippen LogP contribution in [0.4, 0.5) is 5.82 Å². The summed E-state index contributed by atoms with van der Waals surface area (Å²) in [6.07, 6.45) is 0.816. The number of anilines is 1. The van der Waals surface area contributed by atoms with Crippen molar-refractivity contribution in [3.8, 4) is 0 Å². The number of hydrogen-bond acceptors (Lipinski definition) is 3. The summed E-state index contributed by atoms with van der Waals surface area (Å²) in [4.78, 5) is 19.0. The topological polar surface area (TPSA) is 45.2 Å². The number of fused-ring (bicyclic) bond motifs is 1. The molecule has 21 heavy (non-hydrogen) atoms. The maximum absolute atomic E-state index is 12.7. The lowest BCUT2D eigenvalue weighted by molar-refractivity contribution is 0.0751. The van der Waals surface area contributed by atoms with Crippen molar-refractivity contribution in [3.05, 3.63) is 58.8 Å². The molecule has 0 fully saturated rings. The van der Waals surface area contributed by atoms with Gasteiger partial charge in [-0.2, -0.15) is 0 Å². The van der Waals surface area contributed by atoms with Crippen LogP contribution >= 0.6 is 0 Å². The monoisotopic (exact) mass is 281 g/mol. The van der Waals surface area contributed by atoms with Gasteiger partial charge in [-0.25, -0.2) is 4.98 Å². The largest absolute Gasteiger partial charge is 0.373 e. The molecule has 0 saturated heterocycles. The number of rotatable bonds is 3. The minimum Gasteiger partial charge on any atom is -0.373 e. The van der Waals surface area contributed by atoms with Crippen molar-refractivity contribution in [2.45, 2.75) is 26.4 Å². The third-order valence-electron chi connectivity index (χ3n) is 3.87. The molecular formula is C17H19N3O. The molecule has 3 rings (SSSR count). The van der Waals surface area contributed by atoms with Crippen LogP contribution in [0, 0.1) is 0 Å². The molecule has 1 N–H and O–H groups in total. The summed E-state index contributed by atoms with van der Waals surface area (Å²) in [5, 5.41) is 3.02. The molecule has 0 aliphatic carbocycles. The first-order valence-electron chi connectivity index (χ1n) is 7.26. The minimum absolute atomic E-state index is 0.0693. The number of amides is 1. The van der Waals surface area contributed by atoms with Gasteiger partial charge in [0.1, 0.15) is 5.82 Å². The summed E-state index contributed by atoms with van der Waals surface area (Å²) in [7, 11) is 1.82. The van der Waals surface area contributed by atoms with Gasteiger partial charge in [0.25, 0.3) is 5.91 Å². The highest BCUT2D eigenvalue weighted by Gasteiger charge is 2.24. The number of hydrogen-bond donors (Lipinski definition) is 1. The molecule has 4 nitrogen and oxygen atoms in total. The number of nitrogens with one attached hydrogen (secondary N) is 1. The summed E-state index contributed by atoms with van der Waals surface area (Å²) >= 11 is 0. The third kappa shape index (κ3) is 2.61. The highest BCUT2D eigenvalue weighted by molar-refractivity contribution is 5.95. The number of benzene rings is 1. The number of aryl methyl sites for hydroxylation is 1. The van der Waals surface area contributed by atoms with Gasteiger partial charge < -0.3 is 10.2 Å². The molecule has 2 heterocycles. The second kappa shape index (κ2) is 5.56. The van der Waals surface area contributed by atoms with E-state index in [9.17, 15) is 4.79 Å². The van der Waals surface area contributed by atoms with Crippen LogP contribution < -0.4 is 5.32 Å². The fraction of sp³-hybridized carbons (Fsp3) is 0.294. The highest BCUT2D eigenvalue weighted by Crippen LogP contribution is 2.24. The van der Waals surface area contributed by atoms with Crippen molar-refractivity contribution >= 4 is 11.7 Å². The summed E-state index contributed by atoms with van der Waals surface area (Å²) in [5.41, 5.74) is 4.12. The van der Waals surface area contributed by atoms with E-state index in [0.29, 0.717) is 18.7 Å².